The lowest BCUT2D eigenvalue weighted by molar-refractivity contribution is -0.305. The summed E-state index contributed by atoms with van der Waals surface area (Å²) in [5.41, 5.74) is 0.978. The predicted octanol–water partition coefficient (Wildman–Crippen LogP) is 2.02. The van der Waals surface area contributed by atoms with E-state index >= 15 is 0 Å². The van der Waals surface area contributed by atoms with E-state index in [4.69, 9.17) is 0 Å². The monoisotopic (exact) mass is 397 g/mol. The summed E-state index contributed by atoms with van der Waals surface area (Å²) in [6.45, 7) is 0.327. The van der Waals surface area contributed by atoms with Crippen LogP contribution in [0.15, 0.2) is 60.3 Å². The molecule has 0 fully saturated rings. The summed E-state index contributed by atoms with van der Waals surface area (Å²) in [5.74, 6) is -2.43. The summed E-state index contributed by atoms with van der Waals surface area (Å²) < 4.78 is 13.1. The van der Waals surface area contributed by atoms with Crippen LogP contribution in [0.5, 0.6) is 0 Å². The Kier molecular flexibility index (Phi) is 8.56. The molecule has 0 heterocycles. The SMILES string of the molecule is O=C([O-])CCCCCNC(=O)/C(=C\c1ccc(F)cc1)NC(=O)c1ccccc1. The molecule has 0 unspecified atom stereocenters. The molecule has 29 heavy (non-hydrogen) atoms. The highest BCUT2D eigenvalue weighted by atomic mass is 19.1. The molecule has 0 saturated carbocycles. The summed E-state index contributed by atoms with van der Waals surface area (Å²) in [6, 6.07) is 14.0. The third-order valence-electron chi connectivity index (χ3n) is 4.05. The van der Waals surface area contributed by atoms with Gasteiger partial charge in [0.05, 0.1) is 0 Å². The zero-order valence-corrected chi connectivity index (χ0v) is 15.8. The first-order chi connectivity index (χ1) is 14.0. The van der Waals surface area contributed by atoms with Crippen molar-refractivity contribution in [1.29, 1.82) is 0 Å². The van der Waals surface area contributed by atoms with Crippen molar-refractivity contribution >= 4 is 23.9 Å². The summed E-state index contributed by atoms with van der Waals surface area (Å²) in [5, 5.41) is 15.7. The number of amides is 2. The molecule has 7 heteroatoms. The van der Waals surface area contributed by atoms with Gasteiger partial charge in [0.25, 0.3) is 11.8 Å². The maximum absolute atomic E-state index is 13.1. The number of halogens is 1. The minimum absolute atomic E-state index is 0.0171. The number of carbonyl (C=O) groups is 3. The van der Waals surface area contributed by atoms with Gasteiger partial charge in [-0.25, -0.2) is 4.39 Å². The highest BCUT2D eigenvalue weighted by Crippen LogP contribution is 2.09. The Morgan fingerprint density at radius 1 is 0.931 bits per heavy atom. The number of rotatable bonds is 10. The summed E-state index contributed by atoms with van der Waals surface area (Å²) >= 11 is 0. The molecular formula is C22H22FN2O4-. The third kappa shape index (κ3) is 7.96. The minimum atomic E-state index is -1.10. The lowest BCUT2D eigenvalue weighted by Crippen LogP contribution is -2.35. The Hall–Kier alpha value is -3.48. The number of carboxylic acids is 1. The largest absolute Gasteiger partial charge is 0.550 e. The van der Waals surface area contributed by atoms with E-state index in [0.29, 0.717) is 36.9 Å². The first-order valence-corrected chi connectivity index (χ1v) is 9.27. The molecule has 0 atom stereocenters. The number of carbonyl (C=O) groups excluding carboxylic acids is 3. The van der Waals surface area contributed by atoms with Crippen molar-refractivity contribution in [2.24, 2.45) is 0 Å². The fourth-order valence-corrected chi connectivity index (χ4v) is 2.54. The Balaban J connectivity index is 2.03. The zero-order valence-electron chi connectivity index (χ0n) is 15.8. The van der Waals surface area contributed by atoms with Gasteiger partial charge in [-0.15, -0.1) is 0 Å². The van der Waals surface area contributed by atoms with Gasteiger partial charge in [-0.3, -0.25) is 9.59 Å². The van der Waals surface area contributed by atoms with Crippen LogP contribution in [0.2, 0.25) is 0 Å². The second-order valence-electron chi connectivity index (χ2n) is 6.37. The Labute approximate surface area is 168 Å². The molecule has 0 saturated heterocycles. The first kappa shape index (κ1) is 21.8. The van der Waals surface area contributed by atoms with Crippen molar-refractivity contribution in [1.82, 2.24) is 10.6 Å². The van der Waals surface area contributed by atoms with Gasteiger partial charge < -0.3 is 20.5 Å². The van der Waals surface area contributed by atoms with Crippen LogP contribution in [0.4, 0.5) is 4.39 Å². The van der Waals surface area contributed by atoms with E-state index in [1.165, 1.54) is 30.3 Å². The van der Waals surface area contributed by atoms with E-state index in [0.717, 1.165) is 0 Å². The molecule has 0 aromatic heterocycles. The molecule has 2 N–H and O–H groups in total. The van der Waals surface area contributed by atoms with Gasteiger partial charge in [-0.2, -0.15) is 0 Å². The Morgan fingerprint density at radius 3 is 2.28 bits per heavy atom. The van der Waals surface area contributed by atoms with Crippen molar-refractivity contribution in [2.45, 2.75) is 25.7 Å². The van der Waals surface area contributed by atoms with Gasteiger partial charge in [0.2, 0.25) is 0 Å². The number of carboxylic acid groups (broad SMARTS) is 1. The maximum Gasteiger partial charge on any atom is 0.267 e. The van der Waals surface area contributed by atoms with Gasteiger partial charge in [-0.05, 0) is 55.2 Å². The second-order valence-corrected chi connectivity index (χ2v) is 6.37. The highest BCUT2D eigenvalue weighted by Gasteiger charge is 2.14. The Bertz CT molecular complexity index is 864. The average Bonchev–Trinajstić information content (AvgIpc) is 2.71. The van der Waals surface area contributed by atoms with Crippen molar-refractivity contribution < 1.29 is 23.9 Å². The normalized spacial score (nSPS) is 11.0. The first-order valence-electron chi connectivity index (χ1n) is 9.27. The number of nitrogens with one attached hydrogen (secondary N) is 2. The predicted molar refractivity (Wildman–Crippen MR) is 105 cm³/mol. The zero-order chi connectivity index (χ0) is 21.1. The summed E-state index contributed by atoms with van der Waals surface area (Å²) in [4.78, 5) is 35.4. The van der Waals surface area contributed by atoms with Crippen LogP contribution in [0.25, 0.3) is 6.08 Å². The molecule has 0 aliphatic rings. The maximum atomic E-state index is 13.1. The summed E-state index contributed by atoms with van der Waals surface area (Å²) in [6.07, 6.45) is 3.14. The fraction of sp³-hybridized carbons (Fsp3) is 0.227. The molecule has 2 rings (SSSR count). The van der Waals surface area contributed by atoms with Crippen LogP contribution in [0, 0.1) is 5.82 Å². The molecule has 0 spiro atoms. The molecule has 0 aliphatic heterocycles. The van der Waals surface area contributed by atoms with E-state index in [9.17, 15) is 23.9 Å². The van der Waals surface area contributed by atoms with Gasteiger partial charge in [-0.1, -0.05) is 36.8 Å². The topological polar surface area (TPSA) is 98.3 Å². The number of unbranched alkanes of at least 4 members (excludes halogenated alkanes) is 2. The second kappa shape index (κ2) is 11.4. The molecule has 0 aliphatic carbocycles. The third-order valence-corrected chi connectivity index (χ3v) is 4.05. The minimum Gasteiger partial charge on any atom is -0.550 e. The smallest absolute Gasteiger partial charge is 0.267 e. The van der Waals surface area contributed by atoms with Gasteiger partial charge in [0, 0.05) is 18.1 Å². The highest BCUT2D eigenvalue weighted by molar-refractivity contribution is 6.05. The molecule has 152 valence electrons. The lowest BCUT2D eigenvalue weighted by Gasteiger charge is -2.11. The van der Waals surface area contributed by atoms with E-state index in [2.05, 4.69) is 10.6 Å². The number of hydrogen-bond acceptors (Lipinski definition) is 4. The van der Waals surface area contributed by atoms with Crippen LogP contribution in [-0.2, 0) is 9.59 Å². The number of hydrogen-bond donors (Lipinski definition) is 2. The molecule has 0 bridgehead atoms. The van der Waals surface area contributed by atoms with Crippen LogP contribution in [0.1, 0.15) is 41.6 Å². The van der Waals surface area contributed by atoms with E-state index in [1.807, 2.05) is 0 Å². The van der Waals surface area contributed by atoms with Crippen molar-refractivity contribution in [2.75, 3.05) is 6.54 Å². The van der Waals surface area contributed by atoms with E-state index < -0.39 is 23.6 Å². The van der Waals surface area contributed by atoms with Gasteiger partial charge >= 0.3 is 0 Å². The van der Waals surface area contributed by atoms with Crippen molar-refractivity contribution in [3.63, 3.8) is 0 Å². The van der Waals surface area contributed by atoms with Gasteiger partial charge in [0.1, 0.15) is 11.5 Å². The fourth-order valence-electron chi connectivity index (χ4n) is 2.54. The summed E-state index contributed by atoms with van der Waals surface area (Å²) in [7, 11) is 0. The van der Waals surface area contributed by atoms with E-state index in [1.54, 1.807) is 30.3 Å². The van der Waals surface area contributed by atoms with Crippen LogP contribution >= 0.6 is 0 Å². The number of benzene rings is 2. The molecular weight excluding hydrogens is 375 g/mol. The van der Waals surface area contributed by atoms with Crippen LogP contribution in [0.3, 0.4) is 0 Å². The lowest BCUT2D eigenvalue weighted by atomic mass is 10.1. The van der Waals surface area contributed by atoms with Crippen molar-refractivity contribution in [3.05, 3.63) is 77.2 Å². The van der Waals surface area contributed by atoms with Gasteiger partial charge in [0.15, 0.2) is 0 Å². The molecule has 2 amide bonds. The van der Waals surface area contributed by atoms with Crippen LogP contribution in [-0.4, -0.2) is 24.3 Å². The molecule has 2 aromatic carbocycles. The molecule has 0 radical (unpaired) electrons. The standard InChI is InChI=1S/C22H23FN2O4/c23-18-12-10-16(11-13-18)15-19(25-21(28)17-7-3-1-4-8-17)22(29)24-14-6-2-5-9-20(26)27/h1,3-4,7-8,10-13,15H,2,5-6,9,14H2,(H,24,29)(H,25,28)(H,26,27)/p-1/b19-15+. The molecule has 6 nitrogen and oxygen atoms in total. The molecule has 2 aromatic rings. The average molecular weight is 397 g/mol. The number of aliphatic carboxylic acids is 1. The quantitative estimate of drug-likeness (QED) is 0.473. The van der Waals surface area contributed by atoms with Crippen LogP contribution < -0.4 is 15.7 Å². The van der Waals surface area contributed by atoms with E-state index in [-0.39, 0.29) is 12.1 Å². The van der Waals surface area contributed by atoms with Crippen molar-refractivity contribution in [3.8, 4) is 0 Å². The Morgan fingerprint density at radius 2 is 1.62 bits per heavy atom.